The Kier molecular flexibility index (Phi) is 6.29. The van der Waals surface area contributed by atoms with Crippen molar-refractivity contribution in [3.05, 3.63) is 142 Å². The molecule has 0 radical (unpaired) electrons. The van der Waals surface area contributed by atoms with Crippen LogP contribution in [-0.2, 0) is 6.18 Å². The molecule has 0 spiro atoms. The summed E-state index contributed by atoms with van der Waals surface area (Å²) >= 11 is 0. The Balaban J connectivity index is 1.42. The molecular weight excluding hydrogens is 517 g/mol. The van der Waals surface area contributed by atoms with E-state index in [9.17, 15) is 18.4 Å². The van der Waals surface area contributed by atoms with Crippen LogP contribution in [0.3, 0.4) is 0 Å². The third-order valence-electron chi connectivity index (χ3n) is 7.30. The Bertz CT molecular complexity index is 2020. The first-order chi connectivity index (χ1) is 19.7. The molecule has 0 N–H and O–H groups in total. The minimum atomic E-state index is -4.42. The number of hydrogen-bond acceptors (Lipinski definition) is 1. The number of allylic oxidation sites excluding steroid dienone is 1. The third kappa shape index (κ3) is 4.91. The number of hydrogen-bond donors (Lipinski definition) is 0. The maximum atomic E-state index is 13.0. The molecule has 6 aromatic rings. The second-order valence-electron chi connectivity index (χ2n) is 10.1. The summed E-state index contributed by atoms with van der Waals surface area (Å²) in [4.78, 5) is 3.59. The summed E-state index contributed by atoms with van der Waals surface area (Å²) in [5.74, 6) is 0. The van der Waals surface area contributed by atoms with Gasteiger partial charge in [-0.25, -0.2) is 4.85 Å². The van der Waals surface area contributed by atoms with Gasteiger partial charge in [-0.3, -0.25) is 0 Å². The van der Waals surface area contributed by atoms with Crippen molar-refractivity contribution < 1.29 is 13.2 Å². The van der Waals surface area contributed by atoms with Crippen molar-refractivity contribution in [2.75, 3.05) is 0 Å². The van der Waals surface area contributed by atoms with Gasteiger partial charge in [0.05, 0.1) is 23.8 Å². The molecule has 0 aliphatic heterocycles. The van der Waals surface area contributed by atoms with Gasteiger partial charge in [0.15, 0.2) is 5.70 Å². The van der Waals surface area contributed by atoms with E-state index in [0.717, 1.165) is 66.7 Å². The summed E-state index contributed by atoms with van der Waals surface area (Å²) in [7, 11) is 0. The summed E-state index contributed by atoms with van der Waals surface area (Å²) in [5, 5.41) is 16.2. The number of benzene rings is 6. The summed E-state index contributed by atoms with van der Waals surface area (Å²) in [5.41, 5.74) is 4.29. The van der Waals surface area contributed by atoms with Gasteiger partial charge < -0.3 is 0 Å². The quantitative estimate of drug-likeness (QED) is 0.0950. The van der Waals surface area contributed by atoms with Crippen molar-refractivity contribution in [2.45, 2.75) is 13.1 Å². The molecule has 0 saturated carbocycles. The monoisotopic (exact) mass is 538 g/mol. The van der Waals surface area contributed by atoms with Crippen molar-refractivity contribution in [2.24, 2.45) is 0 Å². The zero-order valence-electron chi connectivity index (χ0n) is 21.9. The second-order valence-corrected chi connectivity index (χ2v) is 10.1. The summed E-state index contributed by atoms with van der Waals surface area (Å²) in [6, 6.07) is 31.2. The van der Waals surface area contributed by atoms with Gasteiger partial charge >= 0.3 is 6.18 Å². The van der Waals surface area contributed by atoms with Gasteiger partial charge in [-0.05, 0) is 97.9 Å². The number of halogens is 3. The Morgan fingerprint density at radius 2 is 1.17 bits per heavy atom. The standard InChI is InChI=1S/C36H21F3N2/c1-22-3-5-25(6-4-22)31(21-40)19-23-15-27-7-9-29-17-24(18-30-10-8-28(16-23)34(27)35(29)30)20-33(41-2)26-11-13-32(14-12-26)36(37,38)39/h3-20H,1H3/b31-19+,33-20-. The molecule has 41 heavy (non-hydrogen) atoms. The molecule has 6 rings (SSSR count). The molecule has 196 valence electrons. The van der Waals surface area contributed by atoms with Crippen LogP contribution < -0.4 is 0 Å². The molecule has 2 nitrogen and oxygen atoms in total. The highest BCUT2D eigenvalue weighted by atomic mass is 19.4. The number of nitriles is 1. The predicted octanol–water partition coefficient (Wildman–Crippen LogP) is 10.4. The Morgan fingerprint density at radius 3 is 1.61 bits per heavy atom. The lowest BCUT2D eigenvalue weighted by Gasteiger charge is -2.13. The van der Waals surface area contributed by atoms with E-state index >= 15 is 0 Å². The van der Waals surface area contributed by atoms with E-state index in [1.54, 1.807) is 6.08 Å². The highest BCUT2D eigenvalue weighted by Crippen LogP contribution is 2.37. The fourth-order valence-corrected chi connectivity index (χ4v) is 5.30. The van der Waals surface area contributed by atoms with Gasteiger partial charge in [0.1, 0.15) is 0 Å². The number of rotatable bonds is 4. The number of aryl methyl sites for hydroxylation is 1. The molecular formula is C36H21F3N2. The van der Waals surface area contributed by atoms with Crippen molar-refractivity contribution in [3.63, 3.8) is 0 Å². The van der Waals surface area contributed by atoms with Gasteiger partial charge in [-0.2, -0.15) is 18.4 Å². The Labute approximate surface area is 235 Å². The van der Waals surface area contributed by atoms with Gasteiger partial charge in [0.25, 0.3) is 0 Å². The van der Waals surface area contributed by atoms with E-state index in [0.29, 0.717) is 11.1 Å². The Morgan fingerprint density at radius 1 is 0.707 bits per heavy atom. The van der Waals surface area contributed by atoms with Crippen LogP contribution in [-0.4, -0.2) is 0 Å². The molecule has 0 unspecified atom stereocenters. The fourth-order valence-electron chi connectivity index (χ4n) is 5.30. The first-order valence-corrected chi connectivity index (χ1v) is 12.9. The first kappa shape index (κ1) is 25.9. The van der Waals surface area contributed by atoms with E-state index in [1.165, 1.54) is 12.1 Å². The van der Waals surface area contributed by atoms with Crippen LogP contribution >= 0.6 is 0 Å². The lowest BCUT2D eigenvalue weighted by molar-refractivity contribution is -0.137. The lowest BCUT2D eigenvalue weighted by atomic mass is 9.91. The average molecular weight is 539 g/mol. The van der Waals surface area contributed by atoms with Gasteiger partial charge in [0.2, 0.25) is 0 Å². The minimum Gasteiger partial charge on any atom is -0.238 e. The Hall–Kier alpha value is -5.39. The summed E-state index contributed by atoms with van der Waals surface area (Å²) in [6.07, 6.45) is -0.803. The molecule has 5 heteroatoms. The van der Waals surface area contributed by atoms with Crippen molar-refractivity contribution in [1.82, 2.24) is 0 Å². The van der Waals surface area contributed by atoms with Crippen LogP contribution in [0, 0.1) is 24.8 Å². The zero-order chi connectivity index (χ0) is 28.7. The highest BCUT2D eigenvalue weighted by Gasteiger charge is 2.30. The van der Waals surface area contributed by atoms with E-state index < -0.39 is 11.7 Å². The van der Waals surface area contributed by atoms with E-state index in [4.69, 9.17) is 6.57 Å². The fraction of sp³-hybridized carbons (Fsp3) is 0.0556. The maximum Gasteiger partial charge on any atom is 0.416 e. The van der Waals surface area contributed by atoms with Crippen LogP contribution in [0.2, 0.25) is 0 Å². The molecule has 0 atom stereocenters. The van der Waals surface area contributed by atoms with Crippen LogP contribution in [0.1, 0.15) is 33.4 Å². The number of nitrogens with zero attached hydrogens (tertiary/aromatic N) is 2. The van der Waals surface area contributed by atoms with E-state index in [1.807, 2.05) is 61.5 Å². The maximum absolute atomic E-state index is 13.0. The molecule has 0 fully saturated rings. The van der Waals surface area contributed by atoms with E-state index in [2.05, 4.69) is 35.2 Å². The minimum absolute atomic E-state index is 0.268. The summed E-state index contributed by atoms with van der Waals surface area (Å²) < 4.78 is 38.9. The predicted molar refractivity (Wildman–Crippen MR) is 161 cm³/mol. The normalized spacial score (nSPS) is 12.6. The first-order valence-electron chi connectivity index (χ1n) is 12.9. The molecule has 6 aromatic carbocycles. The third-order valence-corrected chi connectivity index (χ3v) is 7.30. The molecule has 0 amide bonds. The molecule has 0 aliphatic carbocycles. The van der Waals surface area contributed by atoms with Crippen LogP contribution in [0.5, 0.6) is 0 Å². The summed E-state index contributed by atoms with van der Waals surface area (Å²) in [6.45, 7) is 9.66. The van der Waals surface area contributed by atoms with Crippen molar-refractivity contribution in [1.29, 1.82) is 5.26 Å². The van der Waals surface area contributed by atoms with Crippen LogP contribution in [0.4, 0.5) is 13.2 Å². The molecule has 0 saturated heterocycles. The molecule has 0 bridgehead atoms. The average Bonchev–Trinajstić information content (AvgIpc) is 2.97. The van der Waals surface area contributed by atoms with Gasteiger partial charge in [0, 0.05) is 0 Å². The smallest absolute Gasteiger partial charge is 0.238 e. The van der Waals surface area contributed by atoms with Crippen molar-refractivity contribution in [3.8, 4) is 6.07 Å². The van der Waals surface area contributed by atoms with E-state index in [-0.39, 0.29) is 5.70 Å². The van der Waals surface area contributed by atoms with Gasteiger partial charge in [-0.15, -0.1) is 0 Å². The SMILES string of the molecule is [C-]#[N+]/C(=C\c1cc2ccc3cc(/C=C(\C#N)c4ccc(C)cc4)cc4ccc(c1)c2c34)c1ccc(C(F)(F)F)cc1. The second kappa shape index (κ2) is 9.97. The number of alkyl halides is 3. The van der Waals surface area contributed by atoms with Crippen LogP contribution in [0.15, 0.2) is 97.1 Å². The highest BCUT2D eigenvalue weighted by molar-refractivity contribution is 6.24. The topological polar surface area (TPSA) is 28.1 Å². The molecule has 0 heterocycles. The molecule has 0 aromatic heterocycles. The zero-order valence-corrected chi connectivity index (χ0v) is 21.9. The molecule has 0 aliphatic rings. The largest absolute Gasteiger partial charge is 0.416 e. The van der Waals surface area contributed by atoms with Crippen molar-refractivity contribution >= 4 is 55.7 Å². The van der Waals surface area contributed by atoms with Crippen LogP contribution in [0.25, 0.3) is 60.6 Å². The van der Waals surface area contributed by atoms with Gasteiger partial charge in [-0.1, -0.05) is 78.4 Å². The lowest BCUT2D eigenvalue weighted by Crippen LogP contribution is -2.04.